The molecule has 3 heterocycles. The summed E-state index contributed by atoms with van der Waals surface area (Å²) >= 11 is 0. The highest BCUT2D eigenvalue weighted by molar-refractivity contribution is 6.05. The summed E-state index contributed by atoms with van der Waals surface area (Å²) in [7, 11) is 1.79. The Morgan fingerprint density at radius 3 is 2.54 bits per heavy atom. The van der Waals surface area contributed by atoms with Crippen molar-refractivity contribution in [2.24, 2.45) is 7.05 Å². The summed E-state index contributed by atoms with van der Waals surface area (Å²) in [6, 6.07) is 12.4. The lowest BCUT2D eigenvalue weighted by Crippen LogP contribution is -2.44. The van der Waals surface area contributed by atoms with E-state index in [4.69, 9.17) is 10.5 Å². The number of aromatic nitrogens is 3. The largest absolute Gasteiger partial charge is 0.443 e. The van der Waals surface area contributed by atoms with E-state index in [1.807, 2.05) is 4.57 Å². The van der Waals surface area contributed by atoms with Crippen LogP contribution in [0.15, 0.2) is 60.8 Å². The number of benzene rings is 2. The van der Waals surface area contributed by atoms with Crippen LogP contribution in [-0.4, -0.2) is 49.6 Å². The minimum absolute atomic E-state index is 0.00114. The van der Waals surface area contributed by atoms with Crippen molar-refractivity contribution in [3.8, 4) is 23.2 Å². The van der Waals surface area contributed by atoms with Crippen molar-refractivity contribution < 1.29 is 32.3 Å². The molecule has 11 nitrogen and oxygen atoms in total. The second-order valence-electron chi connectivity index (χ2n) is 12.0. The zero-order valence-corrected chi connectivity index (χ0v) is 26.5. The molecule has 4 N–H and O–H groups in total. The lowest BCUT2D eigenvalue weighted by Gasteiger charge is -2.28. The van der Waals surface area contributed by atoms with Crippen LogP contribution < -0.4 is 16.4 Å². The molecule has 4 aromatic rings. The summed E-state index contributed by atoms with van der Waals surface area (Å²) in [5.74, 6) is 5.58. The van der Waals surface area contributed by atoms with Crippen molar-refractivity contribution in [2.45, 2.75) is 45.5 Å². The number of carbonyl (C=O) groups is 3. The Labute approximate surface area is 274 Å². The number of fused-ring (bicyclic) bond motifs is 1. The molecular formula is C34H32F3N7O4. The van der Waals surface area contributed by atoms with Crippen LogP contribution in [0.4, 0.5) is 34.4 Å². The third-order valence-electron chi connectivity index (χ3n) is 7.24. The fraction of sp³-hybridized carbons (Fsp3) is 0.265. The van der Waals surface area contributed by atoms with Gasteiger partial charge in [-0.3, -0.25) is 4.79 Å². The Bertz CT molecular complexity index is 1970. The Morgan fingerprint density at radius 2 is 1.81 bits per heavy atom. The van der Waals surface area contributed by atoms with Gasteiger partial charge in [-0.25, -0.2) is 24.5 Å². The van der Waals surface area contributed by atoms with Gasteiger partial charge < -0.3 is 25.7 Å². The first-order chi connectivity index (χ1) is 22.6. The van der Waals surface area contributed by atoms with Crippen molar-refractivity contribution in [2.75, 3.05) is 17.6 Å². The first kappa shape index (κ1) is 33.5. The van der Waals surface area contributed by atoms with Gasteiger partial charge in [0.15, 0.2) is 0 Å². The number of imide groups is 1. The molecule has 0 aliphatic carbocycles. The number of alkyl halides is 3. The summed E-state index contributed by atoms with van der Waals surface area (Å²) in [4.78, 5) is 48.1. The van der Waals surface area contributed by atoms with Crippen LogP contribution in [0.5, 0.6) is 0 Å². The van der Waals surface area contributed by atoms with Crippen LogP contribution in [0.1, 0.15) is 59.1 Å². The molecule has 0 unspecified atom stereocenters. The van der Waals surface area contributed by atoms with Crippen LogP contribution >= 0.6 is 0 Å². The third kappa shape index (κ3) is 7.75. The number of nitrogens with zero attached hydrogens (tertiary/aromatic N) is 4. The van der Waals surface area contributed by atoms with E-state index >= 15 is 0 Å². The number of urea groups is 1. The molecule has 0 saturated carbocycles. The number of halogens is 3. The molecule has 0 fully saturated rings. The van der Waals surface area contributed by atoms with E-state index in [0.29, 0.717) is 45.7 Å². The number of hydrogen-bond donors (Lipinski definition) is 3. The minimum Gasteiger partial charge on any atom is -0.443 e. The molecule has 2 aromatic carbocycles. The quantitative estimate of drug-likeness (QED) is 0.237. The number of anilines is 2. The fourth-order valence-corrected chi connectivity index (χ4v) is 5.03. The van der Waals surface area contributed by atoms with Gasteiger partial charge in [0.05, 0.1) is 22.4 Å². The van der Waals surface area contributed by atoms with E-state index in [1.165, 1.54) is 18.3 Å². The normalized spacial score (nSPS) is 12.9. The van der Waals surface area contributed by atoms with Gasteiger partial charge in [0.1, 0.15) is 11.3 Å². The summed E-state index contributed by atoms with van der Waals surface area (Å²) in [6.45, 7) is 5.23. The van der Waals surface area contributed by atoms with Crippen LogP contribution in [0.25, 0.3) is 11.4 Å². The Balaban J connectivity index is 1.33. The highest BCUT2D eigenvalue weighted by Crippen LogP contribution is 2.31. The van der Waals surface area contributed by atoms with Crippen molar-refractivity contribution in [1.29, 1.82) is 0 Å². The van der Waals surface area contributed by atoms with Crippen molar-refractivity contribution in [1.82, 2.24) is 24.8 Å². The van der Waals surface area contributed by atoms with Crippen molar-refractivity contribution in [3.05, 3.63) is 94.3 Å². The molecule has 5 rings (SSSR count). The Hall–Kier alpha value is -5.84. The Kier molecular flexibility index (Phi) is 9.16. The molecule has 14 heteroatoms. The Morgan fingerprint density at radius 1 is 1.06 bits per heavy atom. The fourth-order valence-electron chi connectivity index (χ4n) is 5.03. The van der Waals surface area contributed by atoms with E-state index in [1.54, 1.807) is 58.2 Å². The second-order valence-corrected chi connectivity index (χ2v) is 12.0. The first-order valence-corrected chi connectivity index (χ1v) is 14.8. The molecule has 2 aromatic heterocycles. The van der Waals surface area contributed by atoms with Crippen molar-refractivity contribution >= 4 is 29.7 Å². The first-order valence-electron chi connectivity index (χ1n) is 14.8. The lowest BCUT2D eigenvalue weighted by molar-refractivity contribution is -0.137. The molecule has 248 valence electrons. The highest BCUT2D eigenvalue weighted by atomic mass is 19.4. The molecule has 0 atom stereocenters. The number of hydrogen-bond acceptors (Lipinski definition) is 7. The van der Waals surface area contributed by atoms with Gasteiger partial charge in [-0.2, -0.15) is 13.2 Å². The zero-order valence-electron chi connectivity index (χ0n) is 26.5. The lowest BCUT2D eigenvalue weighted by atomic mass is 10.1. The number of nitrogen functional groups attached to an aromatic ring is 1. The summed E-state index contributed by atoms with van der Waals surface area (Å²) in [5, 5.41) is 5.20. The predicted octanol–water partition coefficient (Wildman–Crippen LogP) is 5.74. The molecule has 4 amide bonds. The number of nitrogens with one attached hydrogen (secondary N) is 2. The number of nitrogens with two attached hydrogens (primary N) is 1. The van der Waals surface area contributed by atoms with Crippen LogP contribution in [0, 0.1) is 11.8 Å². The number of ether oxygens (including phenoxy) is 1. The number of rotatable bonds is 4. The zero-order chi connectivity index (χ0) is 34.8. The highest BCUT2D eigenvalue weighted by Gasteiger charge is 2.35. The van der Waals surface area contributed by atoms with E-state index < -0.39 is 35.4 Å². The number of carbonyl (C=O) groups excluding carboxylic acids is 3. The standard InChI is InChI=1S/C34H32F3N7O4/c1-33(2,3)48-32(47)44-14-13-26-25(29(44)45)17-27(43(26)4)28-22(19-39-30(38)42-28)12-11-20-7-6-10-24(16-20)41-31(46)40-18-21-8-5-9-23(15-21)34(35,36)37/h5-10,15-17,19H,13-14,18H2,1-4H3,(H2,38,39,42)(H2,40,41,46). The molecule has 0 saturated heterocycles. The average molecular weight is 660 g/mol. The second kappa shape index (κ2) is 13.1. The van der Waals surface area contributed by atoms with Gasteiger partial charge in [-0.05, 0) is 62.7 Å². The summed E-state index contributed by atoms with van der Waals surface area (Å²) < 4.78 is 46.2. The predicted molar refractivity (Wildman–Crippen MR) is 172 cm³/mol. The molecule has 48 heavy (non-hydrogen) atoms. The maximum Gasteiger partial charge on any atom is 0.417 e. The van der Waals surface area contributed by atoms with Gasteiger partial charge in [0.2, 0.25) is 5.95 Å². The maximum atomic E-state index is 13.3. The van der Waals surface area contributed by atoms with Crippen LogP contribution in [0.2, 0.25) is 0 Å². The molecule has 1 aliphatic rings. The van der Waals surface area contributed by atoms with Gasteiger partial charge in [0, 0.05) is 49.7 Å². The van der Waals surface area contributed by atoms with E-state index in [-0.39, 0.29) is 19.0 Å². The molecule has 0 radical (unpaired) electrons. The monoisotopic (exact) mass is 659 g/mol. The minimum atomic E-state index is -4.48. The van der Waals surface area contributed by atoms with E-state index in [2.05, 4.69) is 32.4 Å². The van der Waals surface area contributed by atoms with Gasteiger partial charge >= 0.3 is 18.3 Å². The van der Waals surface area contributed by atoms with E-state index in [0.717, 1.165) is 22.7 Å². The van der Waals surface area contributed by atoms with Gasteiger partial charge in [0.25, 0.3) is 5.91 Å². The molecule has 1 aliphatic heterocycles. The number of amides is 4. The van der Waals surface area contributed by atoms with Crippen LogP contribution in [0.3, 0.4) is 0 Å². The topological polar surface area (TPSA) is 144 Å². The SMILES string of the molecule is Cn1c(-c2nc(N)ncc2C#Cc2cccc(NC(=O)NCc3cccc(C(F)(F)F)c3)c2)cc2c1CCN(C(=O)OC(C)(C)C)C2=O. The summed E-state index contributed by atoms with van der Waals surface area (Å²) in [6.07, 6.45) is -3.32. The molecule has 0 spiro atoms. The third-order valence-corrected chi connectivity index (χ3v) is 7.24. The average Bonchev–Trinajstić information content (AvgIpc) is 3.35. The molecular weight excluding hydrogens is 627 g/mol. The van der Waals surface area contributed by atoms with Gasteiger partial charge in [-0.15, -0.1) is 0 Å². The summed E-state index contributed by atoms with van der Waals surface area (Å²) in [5.41, 5.74) is 8.00. The molecule has 0 bridgehead atoms. The maximum absolute atomic E-state index is 13.3. The van der Waals surface area contributed by atoms with Gasteiger partial charge in [-0.1, -0.05) is 30.0 Å². The van der Waals surface area contributed by atoms with Crippen molar-refractivity contribution in [3.63, 3.8) is 0 Å². The van der Waals surface area contributed by atoms with Crippen LogP contribution in [-0.2, 0) is 30.9 Å². The smallest absolute Gasteiger partial charge is 0.417 e. The van der Waals surface area contributed by atoms with E-state index in [9.17, 15) is 27.6 Å².